The number of nitrogens with zero attached hydrogens (tertiary/aromatic N) is 3. The lowest BCUT2D eigenvalue weighted by Crippen LogP contribution is -2.18. The van der Waals surface area contributed by atoms with E-state index in [1.807, 2.05) is 44.2 Å². The zero-order valence-corrected chi connectivity index (χ0v) is 14.9. The van der Waals surface area contributed by atoms with Crippen LogP contribution >= 0.6 is 11.6 Å². The summed E-state index contributed by atoms with van der Waals surface area (Å²) in [4.78, 5) is 19.3. The van der Waals surface area contributed by atoms with Crippen LogP contribution in [0.1, 0.15) is 37.1 Å². The van der Waals surface area contributed by atoms with E-state index < -0.39 is 0 Å². The molecular formula is C18H20ClN5O. The summed E-state index contributed by atoms with van der Waals surface area (Å²) in [5.41, 5.74) is 1.64. The van der Waals surface area contributed by atoms with Crippen LogP contribution in [-0.4, -0.2) is 19.7 Å². The molecule has 0 aliphatic heterocycles. The van der Waals surface area contributed by atoms with Gasteiger partial charge in [-0.25, -0.2) is 4.98 Å². The van der Waals surface area contributed by atoms with Crippen LogP contribution in [-0.2, 0) is 6.54 Å². The standard InChI is InChI=1S/C18H20ClN5O/c1-12(10-24-11-15(19)9-20-24)16-8-17(25)23-18(22-16)21-13(2)14-6-4-3-5-7-14/h3-9,11-13H,10H2,1-2H3,(H2,21,22,23,25). The molecule has 2 unspecified atom stereocenters. The summed E-state index contributed by atoms with van der Waals surface area (Å²) >= 11 is 5.89. The number of hydrogen-bond donors (Lipinski definition) is 2. The van der Waals surface area contributed by atoms with Gasteiger partial charge in [-0.05, 0) is 12.5 Å². The van der Waals surface area contributed by atoms with E-state index in [9.17, 15) is 4.79 Å². The van der Waals surface area contributed by atoms with Crippen molar-refractivity contribution in [3.05, 3.63) is 75.4 Å². The Balaban J connectivity index is 1.77. The van der Waals surface area contributed by atoms with Gasteiger partial charge in [0.2, 0.25) is 5.95 Å². The largest absolute Gasteiger partial charge is 0.349 e. The molecule has 0 amide bonds. The molecular weight excluding hydrogens is 338 g/mol. The summed E-state index contributed by atoms with van der Waals surface area (Å²) in [7, 11) is 0. The number of nitrogens with one attached hydrogen (secondary N) is 2. The van der Waals surface area contributed by atoms with E-state index in [1.165, 1.54) is 6.07 Å². The van der Waals surface area contributed by atoms with Crippen molar-refractivity contribution >= 4 is 17.5 Å². The van der Waals surface area contributed by atoms with Crippen molar-refractivity contribution in [1.82, 2.24) is 19.7 Å². The van der Waals surface area contributed by atoms with Gasteiger partial charge >= 0.3 is 0 Å². The van der Waals surface area contributed by atoms with E-state index in [2.05, 4.69) is 20.4 Å². The van der Waals surface area contributed by atoms with E-state index in [1.54, 1.807) is 17.1 Å². The summed E-state index contributed by atoms with van der Waals surface area (Å²) in [6.07, 6.45) is 3.34. The molecule has 25 heavy (non-hydrogen) atoms. The smallest absolute Gasteiger partial charge is 0.252 e. The second kappa shape index (κ2) is 7.53. The minimum atomic E-state index is -0.182. The normalized spacial score (nSPS) is 13.4. The first kappa shape index (κ1) is 17.2. The van der Waals surface area contributed by atoms with Gasteiger partial charge in [-0.3, -0.25) is 14.5 Å². The fourth-order valence-corrected chi connectivity index (χ4v) is 2.80. The van der Waals surface area contributed by atoms with Gasteiger partial charge in [0.15, 0.2) is 0 Å². The Kier molecular flexibility index (Phi) is 5.19. The molecule has 0 saturated carbocycles. The van der Waals surface area contributed by atoms with E-state index in [0.717, 1.165) is 5.56 Å². The molecule has 2 heterocycles. The van der Waals surface area contributed by atoms with Crippen LogP contribution in [0.2, 0.25) is 5.02 Å². The fraction of sp³-hybridized carbons (Fsp3) is 0.278. The Morgan fingerprint density at radius 3 is 2.72 bits per heavy atom. The summed E-state index contributed by atoms with van der Waals surface area (Å²) in [6, 6.07) is 11.6. The third-order valence-corrected chi connectivity index (χ3v) is 4.18. The minimum absolute atomic E-state index is 0.0193. The van der Waals surface area contributed by atoms with E-state index >= 15 is 0 Å². The summed E-state index contributed by atoms with van der Waals surface area (Å²) in [5.74, 6) is 0.482. The maximum atomic E-state index is 12.0. The highest BCUT2D eigenvalue weighted by Gasteiger charge is 2.13. The first-order chi connectivity index (χ1) is 12.0. The van der Waals surface area contributed by atoms with Crippen molar-refractivity contribution in [2.24, 2.45) is 0 Å². The van der Waals surface area contributed by atoms with Crippen LogP contribution in [0.25, 0.3) is 0 Å². The lowest BCUT2D eigenvalue weighted by atomic mass is 10.1. The van der Waals surface area contributed by atoms with Gasteiger partial charge in [0, 0.05) is 24.7 Å². The number of benzene rings is 1. The molecule has 0 spiro atoms. The van der Waals surface area contributed by atoms with Crippen molar-refractivity contribution in [1.29, 1.82) is 0 Å². The van der Waals surface area contributed by atoms with Crippen LogP contribution < -0.4 is 10.9 Å². The van der Waals surface area contributed by atoms with Gasteiger partial charge in [-0.1, -0.05) is 48.9 Å². The summed E-state index contributed by atoms with van der Waals surface area (Å²) in [5, 5.41) is 8.01. The Bertz CT molecular complexity index is 890. The van der Waals surface area contributed by atoms with Crippen molar-refractivity contribution in [2.45, 2.75) is 32.4 Å². The van der Waals surface area contributed by atoms with E-state index in [-0.39, 0.29) is 17.5 Å². The number of aromatic amines is 1. The van der Waals surface area contributed by atoms with Crippen LogP contribution in [0.15, 0.2) is 53.6 Å². The van der Waals surface area contributed by atoms with E-state index in [0.29, 0.717) is 23.2 Å². The van der Waals surface area contributed by atoms with Crippen LogP contribution in [0, 0.1) is 0 Å². The third kappa shape index (κ3) is 4.48. The first-order valence-electron chi connectivity index (χ1n) is 8.12. The van der Waals surface area contributed by atoms with Gasteiger partial charge in [0.05, 0.1) is 23.0 Å². The number of anilines is 1. The second-order valence-electron chi connectivity index (χ2n) is 6.08. The molecule has 0 aliphatic carbocycles. The maximum Gasteiger partial charge on any atom is 0.252 e. The number of halogens is 1. The lowest BCUT2D eigenvalue weighted by molar-refractivity contribution is 0.533. The second-order valence-corrected chi connectivity index (χ2v) is 6.51. The third-order valence-electron chi connectivity index (χ3n) is 3.98. The molecule has 0 saturated heterocycles. The van der Waals surface area contributed by atoms with Gasteiger partial charge in [0.1, 0.15) is 0 Å². The number of hydrogen-bond acceptors (Lipinski definition) is 4. The van der Waals surface area contributed by atoms with Gasteiger partial charge in [-0.15, -0.1) is 0 Å². The molecule has 7 heteroatoms. The molecule has 130 valence electrons. The first-order valence-corrected chi connectivity index (χ1v) is 8.50. The molecule has 6 nitrogen and oxygen atoms in total. The molecule has 0 bridgehead atoms. The molecule has 2 N–H and O–H groups in total. The predicted octanol–water partition coefficient (Wildman–Crippen LogP) is 3.60. The monoisotopic (exact) mass is 357 g/mol. The molecule has 2 atom stereocenters. The van der Waals surface area contributed by atoms with Crippen LogP contribution in [0.5, 0.6) is 0 Å². The number of aromatic nitrogens is 4. The Morgan fingerprint density at radius 2 is 2.04 bits per heavy atom. The quantitative estimate of drug-likeness (QED) is 0.706. The molecule has 3 aromatic rings. The SMILES string of the molecule is CC(Cn1cc(Cl)cn1)c1cc(=O)[nH]c(NC(C)c2ccccc2)n1. The Labute approximate surface area is 150 Å². The zero-order valence-electron chi connectivity index (χ0n) is 14.1. The molecule has 2 aromatic heterocycles. The average molecular weight is 358 g/mol. The Hall–Kier alpha value is -2.60. The fourth-order valence-electron chi connectivity index (χ4n) is 2.64. The van der Waals surface area contributed by atoms with Gasteiger partial charge in [-0.2, -0.15) is 5.10 Å². The highest BCUT2D eigenvalue weighted by molar-refractivity contribution is 6.30. The molecule has 1 aromatic carbocycles. The van der Waals surface area contributed by atoms with Gasteiger partial charge < -0.3 is 5.32 Å². The van der Waals surface area contributed by atoms with Crippen molar-refractivity contribution in [3.8, 4) is 0 Å². The molecule has 0 radical (unpaired) electrons. The van der Waals surface area contributed by atoms with Gasteiger partial charge in [0.25, 0.3) is 5.56 Å². The average Bonchev–Trinajstić information content (AvgIpc) is 3.00. The maximum absolute atomic E-state index is 12.0. The minimum Gasteiger partial charge on any atom is -0.349 e. The highest BCUT2D eigenvalue weighted by Crippen LogP contribution is 2.19. The molecule has 3 rings (SSSR count). The predicted molar refractivity (Wildman–Crippen MR) is 99.0 cm³/mol. The van der Waals surface area contributed by atoms with Crippen LogP contribution in [0.4, 0.5) is 5.95 Å². The van der Waals surface area contributed by atoms with Crippen LogP contribution in [0.3, 0.4) is 0 Å². The summed E-state index contributed by atoms with van der Waals surface area (Å²) in [6.45, 7) is 4.62. The number of H-pyrrole nitrogens is 1. The molecule has 0 aliphatic rings. The van der Waals surface area contributed by atoms with Crippen molar-refractivity contribution < 1.29 is 0 Å². The van der Waals surface area contributed by atoms with E-state index in [4.69, 9.17) is 11.6 Å². The topological polar surface area (TPSA) is 75.6 Å². The molecule has 0 fully saturated rings. The van der Waals surface area contributed by atoms with Crippen molar-refractivity contribution in [2.75, 3.05) is 5.32 Å². The summed E-state index contributed by atoms with van der Waals surface area (Å²) < 4.78 is 1.75. The zero-order chi connectivity index (χ0) is 17.8. The Morgan fingerprint density at radius 1 is 1.28 bits per heavy atom. The highest BCUT2D eigenvalue weighted by atomic mass is 35.5. The van der Waals surface area contributed by atoms with Crippen molar-refractivity contribution in [3.63, 3.8) is 0 Å². The number of rotatable bonds is 6. The lowest BCUT2D eigenvalue weighted by Gasteiger charge is -2.16.